The molecule has 0 amide bonds. The van der Waals surface area contributed by atoms with Crippen LogP contribution in [0.25, 0.3) is 0 Å². The molecule has 1 aromatic carbocycles. The second-order valence-electron chi connectivity index (χ2n) is 6.07. The molecular weight excluding hydrogens is 316 g/mol. The quantitative estimate of drug-likeness (QED) is 0.814. The monoisotopic (exact) mass is 340 g/mol. The van der Waals surface area contributed by atoms with E-state index in [1.807, 2.05) is 0 Å². The van der Waals surface area contributed by atoms with E-state index in [9.17, 15) is 13.2 Å². The number of rotatable bonds is 5. The summed E-state index contributed by atoms with van der Waals surface area (Å²) in [5, 5.41) is 0. The fourth-order valence-corrected chi connectivity index (χ4v) is 4.47. The number of hydrogen-bond acceptors (Lipinski definition) is 5. The lowest BCUT2D eigenvalue weighted by molar-refractivity contribution is 0.0600. The van der Waals surface area contributed by atoms with Gasteiger partial charge in [0, 0.05) is 13.1 Å². The number of benzene rings is 1. The van der Waals surface area contributed by atoms with Crippen LogP contribution in [0.15, 0.2) is 24.3 Å². The highest BCUT2D eigenvalue weighted by Gasteiger charge is 2.32. The molecule has 2 N–H and O–H groups in total. The minimum atomic E-state index is -3.43. The molecular formula is C16H24N2O4S. The van der Waals surface area contributed by atoms with Crippen molar-refractivity contribution in [3.63, 3.8) is 0 Å². The van der Waals surface area contributed by atoms with Crippen molar-refractivity contribution in [2.24, 2.45) is 17.6 Å². The SMILES string of the molecule is COC(=O)c1cccc(CS(=O)(=O)N2CCC(C)C(CN)C2)c1. The average molecular weight is 340 g/mol. The van der Waals surface area contributed by atoms with E-state index in [2.05, 4.69) is 11.7 Å². The third kappa shape index (κ3) is 4.31. The summed E-state index contributed by atoms with van der Waals surface area (Å²) in [4.78, 5) is 11.6. The Balaban J connectivity index is 2.14. The lowest BCUT2D eigenvalue weighted by Gasteiger charge is -2.35. The van der Waals surface area contributed by atoms with E-state index >= 15 is 0 Å². The molecule has 0 spiro atoms. The minimum Gasteiger partial charge on any atom is -0.465 e. The molecule has 2 unspecified atom stereocenters. The van der Waals surface area contributed by atoms with Crippen LogP contribution < -0.4 is 5.73 Å². The Labute approximate surface area is 137 Å². The third-order valence-corrected chi connectivity index (χ3v) is 6.29. The van der Waals surface area contributed by atoms with Crippen molar-refractivity contribution in [1.82, 2.24) is 4.31 Å². The lowest BCUT2D eigenvalue weighted by atomic mass is 9.88. The Morgan fingerprint density at radius 2 is 2.17 bits per heavy atom. The molecule has 1 aliphatic heterocycles. The predicted octanol–water partition coefficient (Wildman–Crippen LogP) is 1.22. The highest BCUT2D eigenvalue weighted by molar-refractivity contribution is 7.88. The van der Waals surface area contributed by atoms with Gasteiger partial charge in [-0.1, -0.05) is 19.1 Å². The Kier molecular flexibility index (Phi) is 5.78. The smallest absolute Gasteiger partial charge is 0.337 e. The minimum absolute atomic E-state index is 0.122. The largest absolute Gasteiger partial charge is 0.465 e. The van der Waals surface area contributed by atoms with Crippen molar-refractivity contribution in [3.8, 4) is 0 Å². The van der Waals surface area contributed by atoms with E-state index in [-0.39, 0.29) is 11.7 Å². The fourth-order valence-electron chi connectivity index (χ4n) is 2.88. The molecule has 1 heterocycles. The maximum Gasteiger partial charge on any atom is 0.337 e. The molecule has 2 rings (SSSR count). The van der Waals surface area contributed by atoms with Crippen LogP contribution >= 0.6 is 0 Å². The van der Waals surface area contributed by atoms with Gasteiger partial charge in [0.25, 0.3) is 0 Å². The maximum absolute atomic E-state index is 12.6. The molecule has 6 nitrogen and oxygen atoms in total. The van der Waals surface area contributed by atoms with Gasteiger partial charge in [0.15, 0.2) is 0 Å². The first-order chi connectivity index (χ1) is 10.9. The summed E-state index contributed by atoms with van der Waals surface area (Å²) in [5.74, 6) is 0.0389. The van der Waals surface area contributed by atoms with Crippen LogP contribution in [-0.2, 0) is 20.5 Å². The van der Waals surface area contributed by atoms with Crippen LogP contribution in [0.4, 0.5) is 0 Å². The molecule has 2 atom stereocenters. The number of methoxy groups -OCH3 is 1. The number of hydrogen-bond donors (Lipinski definition) is 1. The molecule has 1 fully saturated rings. The van der Waals surface area contributed by atoms with Gasteiger partial charge in [-0.2, -0.15) is 0 Å². The molecule has 1 saturated heterocycles. The maximum atomic E-state index is 12.6. The van der Waals surface area contributed by atoms with Crippen molar-refractivity contribution >= 4 is 16.0 Å². The standard InChI is InChI=1S/C16H24N2O4S/c1-12-6-7-18(10-15(12)9-17)23(20,21)11-13-4-3-5-14(8-13)16(19)22-2/h3-5,8,12,15H,6-7,9-11,17H2,1-2H3. The number of esters is 1. The second kappa shape index (κ2) is 7.42. The Morgan fingerprint density at radius 3 is 2.83 bits per heavy atom. The number of nitrogens with zero attached hydrogens (tertiary/aromatic N) is 1. The molecule has 0 aliphatic carbocycles. The number of sulfonamides is 1. The van der Waals surface area contributed by atoms with Gasteiger partial charge in [-0.25, -0.2) is 17.5 Å². The highest BCUT2D eigenvalue weighted by atomic mass is 32.2. The average Bonchev–Trinajstić information content (AvgIpc) is 2.54. The Bertz CT molecular complexity index is 660. The summed E-state index contributed by atoms with van der Waals surface area (Å²) in [7, 11) is -2.13. The lowest BCUT2D eigenvalue weighted by Crippen LogP contribution is -2.45. The van der Waals surface area contributed by atoms with E-state index in [1.165, 1.54) is 11.4 Å². The van der Waals surface area contributed by atoms with Crippen LogP contribution in [0, 0.1) is 11.8 Å². The van der Waals surface area contributed by atoms with Crippen molar-refractivity contribution in [2.45, 2.75) is 19.1 Å². The van der Waals surface area contributed by atoms with Crippen LogP contribution in [-0.4, -0.2) is 45.4 Å². The normalized spacial score (nSPS) is 22.7. The topological polar surface area (TPSA) is 89.7 Å². The van der Waals surface area contributed by atoms with Gasteiger partial charge >= 0.3 is 5.97 Å². The van der Waals surface area contributed by atoms with Crippen LogP contribution in [0.2, 0.25) is 0 Å². The van der Waals surface area contributed by atoms with Gasteiger partial charge in [-0.15, -0.1) is 0 Å². The van der Waals surface area contributed by atoms with Gasteiger partial charge < -0.3 is 10.5 Å². The van der Waals surface area contributed by atoms with E-state index in [0.29, 0.717) is 36.7 Å². The first-order valence-electron chi connectivity index (χ1n) is 7.72. The van der Waals surface area contributed by atoms with Crippen LogP contribution in [0.3, 0.4) is 0 Å². The van der Waals surface area contributed by atoms with Gasteiger partial charge in [0.2, 0.25) is 10.0 Å². The molecule has 0 aromatic heterocycles. The molecule has 128 valence electrons. The van der Waals surface area contributed by atoms with Crippen molar-refractivity contribution in [1.29, 1.82) is 0 Å². The molecule has 23 heavy (non-hydrogen) atoms. The Hall–Kier alpha value is -1.44. The number of carbonyl (C=O) groups excluding carboxylic acids is 1. The number of carbonyl (C=O) groups is 1. The molecule has 0 saturated carbocycles. The van der Waals surface area contributed by atoms with Crippen LogP contribution in [0.1, 0.15) is 29.3 Å². The van der Waals surface area contributed by atoms with Gasteiger partial charge in [0.1, 0.15) is 0 Å². The molecule has 0 bridgehead atoms. The van der Waals surface area contributed by atoms with E-state index in [4.69, 9.17) is 5.73 Å². The predicted molar refractivity (Wildman–Crippen MR) is 88.3 cm³/mol. The first kappa shape index (κ1) is 17.9. The van der Waals surface area contributed by atoms with Gasteiger partial charge in [0.05, 0.1) is 18.4 Å². The summed E-state index contributed by atoms with van der Waals surface area (Å²) in [6.07, 6.45) is 0.823. The van der Waals surface area contributed by atoms with E-state index < -0.39 is 16.0 Å². The third-order valence-electron chi connectivity index (χ3n) is 4.47. The van der Waals surface area contributed by atoms with E-state index in [0.717, 1.165) is 6.42 Å². The summed E-state index contributed by atoms with van der Waals surface area (Å²) < 4.78 is 31.5. The molecule has 1 aromatic rings. The van der Waals surface area contributed by atoms with Gasteiger partial charge in [-0.3, -0.25) is 0 Å². The number of nitrogens with two attached hydrogens (primary N) is 1. The summed E-state index contributed by atoms with van der Waals surface area (Å²) in [6, 6.07) is 6.54. The zero-order valence-electron chi connectivity index (χ0n) is 13.6. The van der Waals surface area contributed by atoms with Crippen molar-refractivity contribution < 1.29 is 17.9 Å². The molecule has 7 heteroatoms. The van der Waals surface area contributed by atoms with Crippen LogP contribution in [0.5, 0.6) is 0 Å². The number of ether oxygens (including phenoxy) is 1. The fraction of sp³-hybridized carbons (Fsp3) is 0.562. The Morgan fingerprint density at radius 1 is 1.43 bits per heavy atom. The molecule has 1 aliphatic rings. The molecule has 0 radical (unpaired) electrons. The number of piperidine rings is 1. The summed E-state index contributed by atoms with van der Waals surface area (Å²) in [6.45, 7) is 3.60. The highest BCUT2D eigenvalue weighted by Crippen LogP contribution is 2.25. The zero-order chi connectivity index (χ0) is 17.0. The summed E-state index contributed by atoms with van der Waals surface area (Å²) in [5.41, 5.74) is 6.68. The second-order valence-corrected chi connectivity index (χ2v) is 8.04. The van der Waals surface area contributed by atoms with Gasteiger partial charge in [-0.05, 0) is 42.5 Å². The van der Waals surface area contributed by atoms with E-state index in [1.54, 1.807) is 24.3 Å². The zero-order valence-corrected chi connectivity index (χ0v) is 14.4. The van der Waals surface area contributed by atoms with Crippen molar-refractivity contribution in [2.75, 3.05) is 26.7 Å². The first-order valence-corrected chi connectivity index (χ1v) is 9.33. The summed E-state index contributed by atoms with van der Waals surface area (Å²) >= 11 is 0. The van der Waals surface area contributed by atoms with Crippen molar-refractivity contribution in [3.05, 3.63) is 35.4 Å².